The zero-order chi connectivity index (χ0) is 23.6. The molecule has 8 nitrogen and oxygen atoms in total. The number of hydrogen-bond donors (Lipinski definition) is 1. The van der Waals surface area contributed by atoms with Crippen molar-refractivity contribution in [3.63, 3.8) is 0 Å². The summed E-state index contributed by atoms with van der Waals surface area (Å²) in [5.41, 5.74) is 1.35. The van der Waals surface area contributed by atoms with Crippen LogP contribution in [0.25, 0.3) is 0 Å². The first-order valence-electron chi connectivity index (χ1n) is 10.1. The number of nitrogens with one attached hydrogen (secondary N) is 1. The third-order valence-corrected chi connectivity index (χ3v) is 7.50. The molecule has 0 radical (unpaired) electrons. The van der Waals surface area contributed by atoms with Gasteiger partial charge in [0, 0.05) is 44.0 Å². The number of rotatable bonds is 5. The van der Waals surface area contributed by atoms with Gasteiger partial charge in [0.2, 0.25) is 15.9 Å². The van der Waals surface area contributed by atoms with Crippen molar-refractivity contribution in [2.45, 2.75) is 37.9 Å². The van der Waals surface area contributed by atoms with Crippen LogP contribution in [-0.2, 0) is 19.6 Å². The summed E-state index contributed by atoms with van der Waals surface area (Å²) in [6.07, 6.45) is -0.493. The van der Waals surface area contributed by atoms with E-state index in [-0.39, 0.29) is 46.7 Å². The Morgan fingerprint density at radius 3 is 2.25 bits per heavy atom. The molecular formula is C22H26ClN3O5S. The normalized spacial score (nSPS) is 19.4. The van der Waals surface area contributed by atoms with Gasteiger partial charge in [0.05, 0.1) is 17.2 Å². The van der Waals surface area contributed by atoms with E-state index < -0.39 is 15.9 Å². The van der Waals surface area contributed by atoms with Crippen LogP contribution in [0.2, 0.25) is 5.02 Å². The monoisotopic (exact) mass is 479 g/mol. The number of halogens is 1. The lowest BCUT2D eigenvalue weighted by atomic mass is 10.2. The molecule has 0 saturated carbocycles. The van der Waals surface area contributed by atoms with Crippen molar-refractivity contribution in [2.75, 3.05) is 30.4 Å². The average Bonchev–Trinajstić information content (AvgIpc) is 2.73. The predicted molar refractivity (Wildman–Crippen MR) is 124 cm³/mol. The Bertz CT molecular complexity index is 1110. The Morgan fingerprint density at radius 2 is 1.69 bits per heavy atom. The maximum Gasteiger partial charge on any atom is 0.255 e. The van der Waals surface area contributed by atoms with E-state index in [2.05, 4.69) is 5.32 Å². The van der Waals surface area contributed by atoms with Crippen LogP contribution in [-0.4, -0.2) is 56.9 Å². The average molecular weight is 480 g/mol. The zero-order valence-corrected chi connectivity index (χ0v) is 19.9. The number of carbonyl (C=O) groups is 2. The molecule has 32 heavy (non-hydrogen) atoms. The maximum atomic E-state index is 13.2. The van der Waals surface area contributed by atoms with E-state index >= 15 is 0 Å². The van der Waals surface area contributed by atoms with E-state index in [1.807, 2.05) is 13.8 Å². The second-order valence-corrected chi connectivity index (χ2v) is 10.1. The van der Waals surface area contributed by atoms with Crippen LogP contribution in [0, 0.1) is 0 Å². The summed E-state index contributed by atoms with van der Waals surface area (Å²) < 4.78 is 33.4. The van der Waals surface area contributed by atoms with Crippen LogP contribution in [0.3, 0.4) is 0 Å². The lowest BCUT2D eigenvalue weighted by Gasteiger charge is -2.34. The van der Waals surface area contributed by atoms with Crippen molar-refractivity contribution in [1.29, 1.82) is 0 Å². The summed E-state index contributed by atoms with van der Waals surface area (Å²) >= 11 is 6.21. The van der Waals surface area contributed by atoms with Gasteiger partial charge in [-0.1, -0.05) is 11.6 Å². The lowest BCUT2D eigenvalue weighted by Crippen LogP contribution is -2.48. The number of ether oxygens (including phenoxy) is 1. The van der Waals surface area contributed by atoms with E-state index in [9.17, 15) is 18.0 Å². The SMILES string of the molecule is CC(=O)N(C)c1ccc(NC(=O)c2ccc(Cl)c(S(=O)(=O)N3CC(C)OC(C)C3)c2)cc1. The standard InChI is InChI=1S/C22H26ClN3O5S/c1-14-12-26(13-15(2)31-14)32(29,30)21-11-17(5-10-20(21)23)22(28)24-18-6-8-19(9-7-18)25(4)16(3)27/h5-11,14-15H,12-13H2,1-4H3,(H,24,28). The predicted octanol–water partition coefficient (Wildman–Crippen LogP) is 3.37. The number of hydrogen-bond acceptors (Lipinski definition) is 5. The van der Waals surface area contributed by atoms with Gasteiger partial charge in [0.25, 0.3) is 5.91 Å². The molecule has 2 amide bonds. The summed E-state index contributed by atoms with van der Waals surface area (Å²) in [7, 11) is -2.25. The molecule has 0 spiro atoms. The molecule has 1 aliphatic heterocycles. The molecule has 2 aromatic carbocycles. The van der Waals surface area contributed by atoms with Crippen molar-refractivity contribution in [1.82, 2.24) is 4.31 Å². The van der Waals surface area contributed by atoms with E-state index in [1.165, 1.54) is 34.3 Å². The van der Waals surface area contributed by atoms with Crippen LogP contribution in [0.15, 0.2) is 47.4 Å². The van der Waals surface area contributed by atoms with Crippen LogP contribution >= 0.6 is 11.6 Å². The molecular weight excluding hydrogens is 454 g/mol. The largest absolute Gasteiger partial charge is 0.373 e. The summed E-state index contributed by atoms with van der Waals surface area (Å²) in [6, 6.07) is 10.9. The van der Waals surface area contributed by atoms with Crippen molar-refractivity contribution in [2.24, 2.45) is 0 Å². The van der Waals surface area contributed by atoms with Crippen molar-refractivity contribution < 1.29 is 22.7 Å². The fourth-order valence-corrected chi connectivity index (χ4v) is 5.55. The quantitative estimate of drug-likeness (QED) is 0.709. The van der Waals surface area contributed by atoms with E-state index in [0.29, 0.717) is 11.4 Å². The van der Waals surface area contributed by atoms with Crippen LogP contribution in [0.4, 0.5) is 11.4 Å². The fraction of sp³-hybridized carbons (Fsp3) is 0.364. The first-order chi connectivity index (χ1) is 15.0. The van der Waals surface area contributed by atoms with E-state index in [1.54, 1.807) is 31.3 Å². The number of anilines is 2. The molecule has 172 valence electrons. The molecule has 1 fully saturated rings. The molecule has 2 unspecified atom stereocenters. The number of sulfonamides is 1. The Kier molecular flexibility index (Phi) is 7.24. The van der Waals surface area contributed by atoms with Gasteiger partial charge in [-0.15, -0.1) is 0 Å². The Morgan fingerprint density at radius 1 is 1.09 bits per heavy atom. The van der Waals surface area contributed by atoms with Crippen molar-refractivity contribution in [3.8, 4) is 0 Å². The van der Waals surface area contributed by atoms with Gasteiger partial charge in [0.15, 0.2) is 0 Å². The molecule has 0 aliphatic carbocycles. The smallest absolute Gasteiger partial charge is 0.255 e. The van der Waals surface area contributed by atoms with Gasteiger partial charge in [-0.25, -0.2) is 8.42 Å². The highest BCUT2D eigenvalue weighted by atomic mass is 35.5. The molecule has 0 bridgehead atoms. The molecule has 1 N–H and O–H groups in total. The van der Waals surface area contributed by atoms with Crippen LogP contribution in [0.1, 0.15) is 31.1 Å². The number of amides is 2. The third-order valence-electron chi connectivity index (χ3n) is 5.18. The van der Waals surface area contributed by atoms with Crippen molar-refractivity contribution >= 4 is 44.8 Å². The summed E-state index contributed by atoms with van der Waals surface area (Å²) in [6.45, 7) is 5.49. The number of carbonyl (C=O) groups excluding carboxylic acids is 2. The van der Waals surface area contributed by atoms with Gasteiger partial charge in [-0.3, -0.25) is 9.59 Å². The molecule has 1 saturated heterocycles. The highest BCUT2D eigenvalue weighted by molar-refractivity contribution is 7.89. The second kappa shape index (κ2) is 9.58. The number of nitrogens with zero attached hydrogens (tertiary/aromatic N) is 2. The van der Waals surface area contributed by atoms with Gasteiger partial charge in [0.1, 0.15) is 4.90 Å². The Labute approximate surface area is 193 Å². The summed E-state index contributed by atoms with van der Waals surface area (Å²) in [5.74, 6) is -0.588. The number of benzene rings is 2. The molecule has 1 heterocycles. The molecule has 0 aromatic heterocycles. The van der Waals surface area contributed by atoms with Gasteiger partial charge < -0.3 is 15.0 Å². The third kappa shape index (κ3) is 5.29. The minimum atomic E-state index is -3.91. The summed E-state index contributed by atoms with van der Waals surface area (Å²) in [5, 5.41) is 2.78. The van der Waals surface area contributed by atoms with Crippen LogP contribution < -0.4 is 10.2 Å². The zero-order valence-electron chi connectivity index (χ0n) is 18.3. The van der Waals surface area contributed by atoms with Gasteiger partial charge in [-0.2, -0.15) is 4.31 Å². The Balaban J connectivity index is 1.82. The van der Waals surface area contributed by atoms with E-state index in [4.69, 9.17) is 16.3 Å². The van der Waals surface area contributed by atoms with E-state index in [0.717, 1.165) is 0 Å². The van der Waals surface area contributed by atoms with Crippen molar-refractivity contribution in [3.05, 3.63) is 53.1 Å². The minimum Gasteiger partial charge on any atom is -0.373 e. The first-order valence-corrected chi connectivity index (χ1v) is 11.9. The Hall–Kier alpha value is -2.46. The second-order valence-electron chi connectivity index (χ2n) is 7.80. The highest BCUT2D eigenvalue weighted by Gasteiger charge is 2.33. The molecule has 1 aliphatic rings. The molecule has 10 heteroatoms. The fourth-order valence-electron chi connectivity index (χ4n) is 3.46. The van der Waals surface area contributed by atoms with Gasteiger partial charge >= 0.3 is 0 Å². The lowest BCUT2D eigenvalue weighted by molar-refractivity contribution is -0.116. The minimum absolute atomic E-state index is 0.0463. The maximum absolute atomic E-state index is 13.2. The first kappa shape index (κ1) is 24.2. The molecule has 2 atom stereocenters. The summed E-state index contributed by atoms with van der Waals surface area (Å²) in [4.78, 5) is 25.6. The molecule has 3 rings (SSSR count). The number of morpholine rings is 1. The molecule has 2 aromatic rings. The van der Waals surface area contributed by atoms with Crippen LogP contribution in [0.5, 0.6) is 0 Å². The topological polar surface area (TPSA) is 96.0 Å². The van der Waals surface area contributed by atoms with Gasteiger partial charge in [-0.05, 0) is 56.3 Å². The highest BCUT2D eigenvalue weighted by Crippen LogP contribution is 2.28.